The average molecular weight is 464 g/mol. The molecule has 1 aliphatic heterocycles. The Hall–Kier alpha value is -2.82. The molecule has 2 aromatic carbocycles. The molecule has 0 aromatic heterocycles. The standard InChI is InChI=1S/C21H19F7N2O2/c1-30-8-2-3-14(30)11-32-19(31)29-18-7-5-13(22)10-16(18)15-6-4-12(20(23,24)25)9-17(15)21(26,27)28/h4-7,9-10,14H,2-3,8,11H2,1H3,(H,29,31). The van der Waals surface area contributed by atoms with Crippen LogP contribution in [0.1, 0.15) is 24.0 Å². The summed E-state index contributed by atoms with van der Waals surface area (Å²) in [5.41, 5.74) is -4.49. The largest absolute Gasteiger partial charge is 0.448 e. The molecule has 0 saturated carbocycles. The molecule has 1 fully saturated rings. The maximum atomic E-state index is 13.9. The molecule has 2 aromatic rings. The second-order valence-corrected chi connectivity index (χ2v) is 7.45. The van der Waals surface area contributed by atoms with Gasteiger partial charge in [0.1, 0.15) is 12.4 Å². The monoisotopic (exact) mass is 464 g/mol. The Morgan fingerprint density at radius 3 is 2.38 bits per heavy atom. The van der Waals surface area contributed by atoms with E-state index in [1.54, 1.807) is 0 Å². The van der Waals surface area contributed by atoms with Crippen molar-refractivity contribution >= 4 is 11.8 Å². The summed E-state index contributed by atoms with van der Waals surface area (Å²) < 4.78 is 98.5. The summed E-state index contributed by atoms with van der Waals surface area (Å²) in [6, 6.07) is 3.65. The number of nitrogens with zero attached hydrogens (tertiary/aromatic N) is 1. The molecule has 1 atom stereocenters. The van der Waals surface area contributed by atoms with Gasteiger partial charge in [-0.15, -0.1) is 0 Å². The lowest BCUT2D eigenvalue weighted by molar-refractivity contribution is -0.142. The topological polar surface area (TPSA) is 41.6 Å². The smallest absolute Gasteiger partial charge is 0.417 e. The molecule has 0 aliphatic carbocycles. The first-order valence-corrected chi connectivity index (χ1v) is 9.58. The molecule has 1 heterocycles. The van der Waals surface area contributed by atoms with Gasteiger partial charge in [0.25, 0.3) is 0 Å². The zero-order valence-electron chi connectivity index (χ0n) is 16.8. The van der Waals surface area contributed by atoms with Crippen molar-refractivity contribution in [2.24, 2.45) is 0 Å². The highest BCUT2D eigenvalue weighted by Gasteiger charge is 2.38. The van der Waals surface area contributed by atoms with Crippen LogP contribution in [0.2, 0.25) is 0 Å². The summed E-state index contributed by atoms with van der Waals surface area (Å²) in [5.74, 6) is -0.931. The molecule has 1 N–H and O–H groups in total. The second-order valence-electron chi connectivity index (χ2n) is 7.45. The van der Waals surface area contributed by atoms with Gasteiger partial charge in [0.15, 0.2) is 0 Å². The quantitative estimate of drug-likeness (QED) is 0.550. The number of anilines is 1. The minimum absolute atomic E-state index is 0.000170. The first kappa shape index (κ1) is 23.8. The van der Waals surface area contributed by atoms with E-state index < -0.39 is 46.5 Å². The Morgan fingerprint density at radius 2 is 1.78 bits per heavy atom. The lowest BCUT2D eigenvalue weighted by Crippen LogP contribution is -2.31. The Labute approximate surface area is 179 Å². The van der Waals surface area contributed by atoms with Crippen LogP contribution in [0.25, 0.3) is 11.1 Å². The Morgan fingerprint density at radius 1 is 1.06 bits per heavy atom. The number of hydrogen-bond acceptors (Lipinski definition) is 3. The minimum Gasteiger partial charge on any atom is -0.448 e. The number of carbonyl (C=O) groups is 1. The van der Waals surface area contributed by atoms with Crippen molar-refractivity contribution in [3.8, 4) is 11.1 Å². The molecule has 174 valence electrons. The lowest BCUT2D eigenvalue weighted by atomic mass is 9.95. The summed E-state index contributed by atoms with van der Waals surface area (Å²) in [6.07, 6.45) is -9.39. The number of amides is 1. The Balaban J connectivity index is 1.93. The van der Waals surface area contributed by atoms with Crippen LogP contribution in [0.4, 0.5) is 41.2 Å². The van der Waals surface area contributed by atoms with E-state index in [9.17, 15) is 35.5 Å². The van der Waals surface area contributed by atoms with Crippen LogP contribution in [0.15, 0.2) is 36.4 Å². The Kier molecular flexibility index (Phi) is 6.68. The molecule has 1 amide bonds. The number of rotatable bonds is 4. The predicted molar refractivity (Wildman–Crippen MR) is 102 cm³/mol. The molecule has 1 saturated heterocycles. The molecule has 0 bridgehead atoms. The number of hydrogen-bond donors (Lipinski definition) is 1. The molecule has 32 heavy (non-hydrogen) atoms. The third-order valence-corrected chi connectivity index (χ3v) is 5.24. The molecule has 0 spiro atoms. The van der Waals surface area contributed by atoms with E-state index >= 15 is 0 Å². The van der Waals surface area contributed by atoms with E-state index in [2.05, 4.69) is 5.32 Å². The molecular formula is C21H19F7N2O2. The molecule has 4 nitrogen and oxygen atoms in total. The number of halogens is 7. The van der Waals surface area contributed by atoms with Gasteiger partial charge in [-0.25, -0.2) is 9.18 Å². The molecule has 11 heteroatoms. The highest BCUT2D eigenvalue weighted by atomic mass is 19.4. The highest BCUT2D eigenvalue weighted by molar-refractivity contribution is 5.92. The van der Waals surface area contributed by atoms with Crippen LogP contribution in [0.5, 0.6) is 0 Å². The van der Waals surface area contributed by atoms with Gasteiger partial charge in [0.2, 0.25) is 0 Å². The van der Waals surface area contributed by atoms with Crippen LogP contribution < -0.4 is 5.32 Å². The number of nitrogens with one attached hydrogen (secondary N) is 1. The molecule has 0 radical (unpaired) electrons. The molecular weight excluding hydrogens is 445 g/mol. The van der Waals surface area contributed by atoms with E-state index in [4.69, 9.17) is 4.74 Å². The summed E-state index contributed by atoms with van der Waals surface area (Å²) >= 11 is 0. The summed E-state index contributed by atoms with van der Waals surface area (Å²) in [7, 11) is 1.86. The number of likely N-dealkylation sites (N-methyl/N-ethyl adjacent to an activating group) is 1. The molecule has 1 unspecified atom stereocenters. The van der Waals surface area contributed by atoms with Gasteiger partial charge in [0.05, 0.1) is 16.8 Å². The number of carbonyl (C=O) groups excluding carboxylic acids is 1. The fraction of sp³-hybridized carbons (Fsp3) is 0.381. The van der Waals surface area contributed by atoms with Crippen LogP contribution in [-0.4, -0.2) is 37.2 Å². The molecule has 3 rings (SSSR count). The van der Waals surface area contributed by atoms with Crippen LogP contribution >= 0.6 is 0 Å². The first-order chi connectivity index (χ1) is 14.9. The van der Waals surface area contributed by atoms with Crippen molar-refractivity contribution in [1.29, 1.82) is 0 Å². The van der Waals surface area contributed by atoms with E-state index in [0.717, 1.165) is 31.5 Å². The third-order valence-electron chi connectivity index (χ3n) is 5.24. The lowest BCUT2D eigenvalue weighted by Gasteiger charge is -2.20. The van der Waals surface area contributed by atoms with Gasteiger partial charge in [0, 0.05) is 11.6 Å². The van der Waals surface area contributed by atoms with Crippen molar-refractivity contribution in [1.82, 2.24) is 4.90 Å². The van der Waals surface area contributed by atoms with E-state index in [1.807, 2.05) is 11.9 Å². The fourth-order valence-electron chi connectivity index (χ4n) is 3.55. The van der Waals surface area contributed by atoms with Crippen LogP contribution in [0.3, 0.4) is 0 Å². The number of ether oxygens (including phenoxy) is 1. The number of benzene rings is 2. The zero-order chi connectivity index (χ0) is 23.7. The van der Waals surface area contributed by atoms with Gasteiger partial charge >= 0.3 is 18.4 Å². The van der Waals surface area contributed by atoms with Crippen LogP contribution in [0, 0.1) is 5.82 Å². The van der Waals surface area contributed by atoms with Crippen molar-refractivity contribution in [2.45, 2.75) is 31.2 Å². The minimum atomic E-state index is -5.16. The van der Waals surface area contributed by atoms with Gasteiger partial charge in [-0.1, -0.05) is 6.07 Å². The summed E-state index contributed by atoms with van der Waals surface area (Å²) in [4.78, 5) is 14.2. The summed E-state index contributed by atoms with van der Waals surface area (Å²) in [5, 5.41) is 2.26. The van der Waals surface area contributed by atoms with E-state index in [-0.39, 0.29) is 24.4 Å². The summed E-state index contributed by atoms with van der Waals surface area (Å²) in [6.45, 7) is 0.888. The van der Waals surface area contributed by atoms with Crippen molar-refractivity contribution in [3.63, 3.8) is 0 Å². The number of likely N-dealkylation sites (tertiary alicyclic amines) is 1. The van der Waals surface area contributed by atoms with Crippen molar-refractivity contribution in [2.75, 3.05) is 25.5 Å². The van der Waals surface area contributed by atoms with Crippen LogP contribution in [-0.2, 0) is 17.1 Å². The maximum absolute atomic E-state index is 13.9. The van der Waals surface area contributed by atoms with E-state index in [1.165, 1.54) is 0 Å². The predicted octanol–water partition coefficient (Wildman–Crippen LogP) is 6.17. The van der Waals surface area contributed by atoms with Crippen molar-refractivity contribution < 1.29 is 40.3 Å². The Bertz CT molecular complexity index is 989. The van der Waals surface area contributed by atoms with Gasteiger partial charge in [-0.2, -0.15) is 26.3 Å². The van der Waals surface area contributed by atoms with E-state index in [0.29, 0.717) is 18.2 Å². The highest BCUT2D eigenvalue weighted by Crippen LogP contribution is 2.43. The van der Waals surface area contributed by atoms with Gasteiger partial charge < -0.3 is 9.64 Å². The van der Waals surface area contributed by atoms with Gasteiger partial charge in [-0.05, 0) is 62.3 Å². The maximum Gasteiger partial charge on any atom is 0.417 e. The third kappa shape index (κ3) is 5.50. The average Bonchev–Trinajstić information content (AvgIpc) is 3.11. The fourth-order valence-corrected chi connectivity index (χ4v) is 3.55. The normalized spacial score (nSPS) is 17.4. The first-order valence-electron chi connectivity index (χ1n) is 9.58. The SMILES string of the molecule is CN1CCCC1COC(=O)Nc1ccc(F)cc1-c1ccc(C(F)(F)F)cc1C(F)(F)F. The number of alkyl halides is 6. The molecule has 1 aliphatic rings. The zero-order valence-corrected chi connectivity index (χ0v) is 16.8. The van der Waals surface area contributed by atoms with Gasteiger partial charge in [-0.3, -0.25) is 5.32 Å². The second kappa shape index (κ2) is 8.97. The van der Waals surface area contributed by atoms with Crippen molar-refractivity contribution in [3.05, 3.63) is 53.3 Å².